The van der Waals surface area contributed by atoms with Crippen molar-refractivity contribution in [2.24, 2.45) is 7.05 Å². The van der Waals surface area contributed by atoms with Crippen LogP contribution in [0.1, 0.15) is 23.0 Å². The van der Waals surface area contributed by atoms with Gasteiger partial charge in [0.2, 0.25) is 5.91 Å². The lowest BCUT2D eigenvalue weighted by Crippen LogP contribution is -2.35. The Labute approximate surface area is 176 Å². The van der Waals surface area contributed by atoms with E-state index in [1.54, 1.807) is 54.3 Å². The van der Waals surface area contributed by atoms with Crippen LogP contribution in [-0.2, 0) is 27.4 Å². The summed E-state index contributed by atoms with van der Waals surface area (Å²) in [5.41, 5.74) is 1.05. The van der Waals surface area contributed by atoms with Gasteiger partial charge in [-0.2, -0.15) is 0 Å². The van der Waals surface area contributed by atoms with Crippen molar-refractivity contribution in [3.8, 4) is 0 Å². The molecule has 152 valence electrons. The van der Waals surface area contributed by atoms with Gasteiger partial charge in [-0.15, -0.1) is 0 Å². The zero-order chi connectivity index (χ0) is 21.0. The molecule has 1 atom stereocenters. The summed E-state index contributed by atoms with van der Waals surface area (Å²) in [7, 11) is -1.96. The number of aromatic nitrogens is 2. The molecule has 0 bridgehead atoms. The second-order valence-electron chi connectivity index (χ2n) is 6.61. The number of aryl methyl sites for hydroxylation is 1. The lowest BCUT2D eigenvalue weighted by atomic mass is 10.1. The van der Waals surface area contributed by atoms with E-state index in [1.807, 2.05) is 0 Å². The van der Waals surface area contributed by atoms with Gasteiger partial charge in [-0.3, -0.25) is 4.79 Å². The van der Waals surface area contributed by atoms with Crippen LogP contribution >= 0.6 is 15.9 Å². The first-order chi connectivity index (χ1) is 13.7. The van der Waals surface area contributed by atoms with E-state index in [1.165, 1.54) is 18.2 Å². The summed E-state index contributed by atoms with van der Waals surface area (Å²) in [6.45, 7) is 0. The molecule has 1 N–H and O–H groups in total. The Hall–Kier alpha value is -2.52. The predicted octanol–water partition coefficient (Wildman–Crippen LogP) is 3.14. The van der Waals surface area contributed by atoms with Gasteiger partial charge < -0.3 is 9.88 Å². The molecule has 3 rings (SSSR count). The van der Waals surface area contributed by atoms with Gasteiger partial charge in [0.1, 0.15) is 23.4 Å². The second kappa shape index (κ2) is 8.87. The largest absolute Gasteiger partial charge is 0.341 e. The third-order valence-corrected chi connectivity index (χ3v) is 6.20. The fourth-order valence-corrected chi connectivity index (χ4v) is 4.69. The zero-order valence-electron chi connectivity index (χ0n) is 15.5. The van der Waals surface area contributed by atoms with Crippen molar-refractivity contribution in [2.75, 3.05) is 5.75 Å². The Kier molecular flexibility index (Phi) is 6.49. The average Bonchev–Trinajstić information content (AvgIpc) is 3.04. The highest BCUT2D eigenvalue weighted by Gasteiger charge is 2.24. The number of hydrogen-bond donors (Lipinski definition) is 1. The summed E-state index contributed by atoms with van der Waals surface area (Å²) in [4.78, 5) is 16.8. The molecule has 0 saturated heterocycles. The first kappa shape index (κ1) is 21.2. The molecule has 1 unspecified atom stereocenters. The maximum atomic E-state index is 13.7. The summed E-state index contributed by atoms with van der Waals surface area (Å²) < 4.78 is 41.1. The number of halogens is 2. The van der Waals surface area contributed by atoms with Crippen LogP contribution in [0.2, 0.25) is 0 Å². The molecule has 29 heavy (non-hydrogen) atoms. The van der Waals surface area contributed by atoms with Gasteiger partial charge >= 0.3 is 0 Å². The van der Waals surface area contributed by atoms with Crippen LogP contribution in [0, 0.1) is 5.82 Å². The quantitative estimate of drug-likeness (QED) is 0.564. The molecule has 1 heterocycles. The van der Waals surface area contributed by atoms with Crippen LogP contribution in [0.15, 0.2) is 65.4 Å². The Morgan fingerprint density at radius 3 is 2.66 bits per heavy atom. The molecule has 0 radical (unpaired) electrons. The summed E-state index contributed by atoms with van der Waals surface area (Å²) in [6, 6.07) is 11.9. The van der Waals surface area contributed by atoms with E-state index >= 15 is 0 Å². The van der Waals surface area contributed by atoms with Crippen molar-refractivity contribution < 1.29 is 17.6 Å². The van der Waals surface area contributed by atoms with Gasteiger partial charge in [0.25, 0.3) is 0 Å². The second-order valence-corrected chi connectivity index (χ2v) is 9.59. The Morgan fingerprint density at radius 2 is 2.00 bits per heavy atom. The molecular formula is C20H19BrFN3O3S. The van der Waals surface area contributed by atoms with Crippen LogP contribution in [0.5, 0.6) is 0 Å². The van der Waals surface area contributed by atoms with Gasteiger partial charge in [-0.05, 0) is 35.4 Å². The minimum Gasteiger partial charge on any atom is -0.341 e. The van der Waals surface area contributed by atoms with Gasteiger partial charge in [0.05, 0.1) is 5.75 Å². The third-order valence-electron chi connectivity index (χ3n) is 4.23. The molecule has 0 spiro atoms. The molecule has 1 aromatic heterocycles. The lowest BCUT2D eigenvalue weighted by molar-refractivity contribution is -0.119. The molecule has 0 aliphatic heterocycles. The molecule has 0 saturated carbocycles. The highest BCUT2D eigenvalue weighted by atomic mass is 79.9. The summed E-state index contributed by atoms with van der Waals surface area (Å²) in [5.74, 6) is -1.62. The highest BCUT2D eigenvalue weighted by molar-refractivity contribution is 9.10. The summed E-state index contributed by atoms with van der Waals surface area (Å²) in [6.07, 6.45) is 3.25. The SMILES string of the molecule is Cn1ccnc1C(NC(=O)CS(=O)(=O)Cc1cccc(Br)c1)c1cccc(F)c1. The van der Waals surface area contributed by atoms with Crippen molar-refractivity contribution in [2.45, 2.75) is 11.8 Å². The normalized spacial score (nSPS) is 12.5. The van der Waals surface area contributed by atoms with Crippen molar-refractivity contribution >= 4 is 31.7 Å². The van der Waals surface area contributed by atoms with E-state index in [2.05, 4.69) is 26.2 Å². The van der Waals surface area contributed by atoms with Crippen LogP contribution in [0.4, 0.5) is 4.39 Å². The number of rotatable bonds is 7. The first-order valence-corrected chi connectivity index (χ1v) is 11.3. The number of benzene rings is 2. The van der Waals surface area contributed by atoms with E-state index in [9.17, 15) is 17.6 Å². The number of sulfone groups is 1. The van der Waals surface area contributed by atoms with E-state index in [-0.39, 0.29) is 5.75 Å². The van der Waals surface area contributed by atoms with Crippen LogP contribution in [0.3, 0.4) is 0 Å². The molecule has 3 aromatic rings. The zero-order valence-corrected chi connectivity index (χ0v) is 18.0. The Morgan fingerprint density at radius 1 is 1.24 bits per heavy atom. The number of amides is 1. The lowest BCUT2D eigenvalue weighted by Gasteiger charge is -2.19. The number of hydrogen-bond acceptors (Lipinski definition) is 4. The molecule has 1 amide bonds. The fourth-order valence-electron chi connectivity index (χ4n) is 2.97. The van der Waals surface area contributed by atoms with Crippen molar-refractivity contribution in [1.82, 2.24) is 14.9 Å². The molecule has 0 fully saturated rings. The number of nitrogens with zero attached hydrogens (tertiary/aromatic N) is 2. The van der Waals surface area contributed by atoms with Gasteiger partial charge in [-0.25, -0.2) is 17.8 Å². The van der Waals surface area contributed by atoms with Gasteiger partial charge in [-0.1, -0.05) is 40.2 Å². The standard InChI is InChI=1S/C20H19BrFN3O3S/c1-25-9-8-23-20(25)19(15-5-3-7-17(22)11-15)24-18(26)13-29(27,28)12-14-4-2-6-16(21)10-14/h2-11,19H,12-13H2,1H3,(H,24,26). The van der Waals surface area contributed by atoms with Crippen molar-refractivity contribution in [1.29, 1.82) is 0 Å². The number of carbonyl (C=O) groups is 1. The van der Waals surface area contributed by atoms with Crippen LogP contribution in [0.25, 0.3) is 0 Å². The molecule has 0 aliphatic carbocycles. The third kappa shape index (κ3) is 5.74. The van der Waals surface area contributed by atoms with Crippen LogP contribution in [-0.4, -0.2) is 29.6 Å². The summed E-state index contributed by atoms with van der Waals surface area (Å²) in [5, 5.41) is 2.68. The molecule has 0 aliphatic rings. The minimum absolute atomic E-state index is 0.257. The van der Waals surface area contributed by atoms with E-state index in [4.69, 9.17) is 0 Å². The van der Waals surface area contributed by atoms with E-state index in [0.717, 1.165) is 4.47 Å². The topological polar surface area (TPSA) is 81.1 Å². The molecular weight excluding hydrogens is 461 g/mol. The monoisotopic (exact) mass is 479 g/mol. The van der Waals surface area contributed by atoms with Crippen LogP contribution < -0.4 is 5.32 Å². The maximum absolute atomic E-state index is 13.7. The molecule has 2 aromatic carbocycles. The number of imidazole rings is 1. The molecule has 9 heteroatoms. The summed E-state index contributed by atoms with van der Waals surface area (Å²) >= 11 is 3.30. The predicted molar refractivity (Wildman–Crippen MR) is 111 cm³/mol. The molecule has 6 nitrogen and oxygen atoms in total. The number of nitrogens with one attached hydrogen (secondary N) is 1. The maximum Gasteiger partial charge on any atom is 0.236 e. The average molecular weight is 480 g/mol. The first-order valence-electron chi connectivity index (χ1n) is 8.70. The Balaban J connectivity index is 1.79. The van der Waals surface area contributed by atoms with Gasteiger partial charge in [0, 0.05) is 23.9 Å². The van der Waals surface area contributed by atoms with E-state index < -0.39 is 33.4 Å². The minimum atomic E-state index is -3.70. The smallest absolute Gasteiger partial charge is 0.236 e. The highest BCUT2D eigenvalue weighted by Crippen LogP contribution is 2.21. The fraction of sp³-hybridized carbons (Fsp3) is 0.200. The van der Waals surface area contributed by atoms with Crippen molar-refractivity contribution in [3.63, 3.8) is 0 Å². The van der Waals surface area contributed by atoms with E-state index in [0.29, 0.717) is 17.0 Å². The number of carbonyl (C=O) groups excluding carboxylic acids is 1. The van der Waals surface area contributed by atoms with Gasteiger partial charge in [0.15, 0.2) is 9.84 Å². The van der Waals surface area contributed by atoms with Crippen molar-refractivity contribution in [3.05, 3.63) is 88.2 Å². The Bertz CT molecular complexity index is 1130.